The number of hydrogen-bond donors (Lipinski definition) is 1. The van der Waals surface area contributed by atoms with Gasteiger partial charge in [0.25, 0.3) is 0 Å². The number of nitrogens with one attached hydrogen (secondary N) is 1. The fourth-order valence-corrected chi connectivity index (χ4v) is 2.21. The van der Waals surface area contributed by atoms with Crippen molar-refractivity contribution in [3.8, 4) is 0 Å². The van der Waals surface area contributed by atoms with Gasteiger partial charge in [-0.3, -0.25) is 0 Å². The molecule has 1 N–H and O–H groups in total. The van der Waals surface area contributed by atoms with Crippen molar-refractivity contribution in [3.63, 3.8) is 0 Å². The van der Waals surface area contributed by atoms with Crippen molar-refractivity contribution in [2.45, 2.75) is 32.5 Å². The van der Waals surface area contributed by atoms with Crippen LogP contribution in [-0.4, -0.2) is 25.3 Å². The first-order valence-corrected chi connectivity index (χ1v) is 5.47. The summed E-state index contributed by atoms with van der Waals surface area (Å²) in [6.45, 7) is 6.27. The maximum atomic E-state index is 5.93. The molecule has 1 unspecified atom stereocenters. The van der Waals surface area contributed by atoms with Crippen LogP contribution in [0.4, 0.5) is 0 Å². The fraction of sp³-hybridized carbons (Fsp3) is 0.667. The molecule has 1 fully saturated rings. The molecule has 78 valence electrons. The molecule has 0 radical (unpaired) electrons. The van der Waals surface area contributed by atoms with Gasteiger partial charge in [-0.15, -0.1) is 0 Å². The molecule has 1 aliphatic carbocycles. The van der Waals surface area contributed by atoms with E-state index in [1.54, 1.807) is 0 Å². The molecule has 0 aromatic carbocycles. The van der Waals surface area contributed by atoms with Crippen molar-refractivity contribution in [1.82, 2.24) is 5.32 Å². The predicted molar refractivity (Wildman–Crippen MR) is 58.2 cm³/mol. The number of ether oxygens (including phenoxy) is 1. The van der Waals surface area contributed by atoms with Gasteiger partial charge in [0.1, 0.15) is 0 Å². The van der Waals surface area contributed by atoms with Gasteiger partial charge in [0.2, 0.25) is 0 Å². The quantitative estimate of drug-likeness (QED) is 0.686. The first-order valence-electron chi connectivity index (χ1n) is 5.47. The number of hydrogen-bond acceptors (Lipinski definition) is 2. The van der Waals surface area contributed by atoms with Gasteiger partial charge in [-0.05, 0) is 20.3 Å². The molecule has 3 atom stereocenters. The number of rotatable bonds is 1. The van der Waals surface area contributed by atoms with Crippen LogP contribution in [0.3, 0.4) is 0 Å². The summed E-state index contributed by atoms with van der Waals surface area (Å²) < 4.78 is 5.93. The van der Waals surface area contributed by atoms with Gasteiger partial charge in [-0.2, -0.15) is 0 Å². The minimum absolute atomic E-state index is 0.355. The second kappa shape index (κ2) is 4.28. The van der Waals surface area contributed by atoms with Gasteiger partial charge in [-0.25, -0.2) is 0 Å². The molecule has 2 rings (SSSR count). The summed E-state index contributed by atoms with van der Waals surface area (Å²) in [6, 6.07) is 0. The Kier molecular flexibility index (Phi) is 3.04. The zero-order valence-electron chi connectivity index (χ0n) is 8.99. The Hall–Kier alpha value is -0.600. The summed E-state index contributed by atoms with van der Waals surface area (Å²) in [5.74, 6) is 0.565. The molecule has 2 nitrogen and oxygen atoms in total. The summed E-state index contributed by atoms with van der Waals surface area (Å²) in [4.78, 5) is 0. The van der Waals surface area contributed by atoms with Gasteiger partial charge in [-0.1, -0.05) is 23.8 Å². The first kappa shape index (κ1) is 9.94. The SMILES string of the molecule is CC1=CC([C@H]2CNC[C@@H](C)O2)CC=C1. The third kappa shape index (κ3) is 2.25. The standard InChI is InChI=1S/C12H19NO/c1-9-4-3-5-11(6-9)12-8-13-7-10(2)14-12/h3-4,6,10-13H,5,7-8H2,1-2H3/t10-,11?,12-/m1/s1. The van der Waals surface area contributed by atoms with E-state index in [1.165, 1.54) is 5.57 Å². The second-order valence-electron chi connectivity index (χ2n) is 4.36. The van der Waals surface area contributed by atoms with E-state index in [-0.39, 0.29) is 0 Å². The Balaban J connectivity index is 1.97. The van der Waals surface area contributed by atoms with Crippen LogP contribution >= 0.6 is 0 Å². The van der Waals surface area contributed by atoms with E-state index in [2.05, 4.69) is 37.4 Å². The van der Waals surface area contributed by atoms with Crippen LogP contribution in [0, 0.1) is 5.92 Å². The molecule has 14 heavy (non-hydrogen) atoms. The minimum Gasteiger partial charge on any atom is -0.372 e. The highest BCUT2D eigenvalue weighted by atomic mass is 16.5. The Labute approximate surface area is 86.0 Å². The fourth-order valence-electron chi connectivity index (χ4n) is 2.21. The first-order chi connectivity index (χ1) is 6.75. The van der Waals surface area contributed by atoms with E-state index in [4.69, 9.17) is 4.74 Å². The van der Waals surface area contributed by atoms with Gasteiger partial charge in [0.05, 0.1) is 12.2 Å². The Morgan fingerprint density at radius 1 is 1.43 bits per heavy atom. The van der Waals surface area contributed by atoms with Crippen LogP contribution in [0.15, 0.2) is 23.8 Å². The van der Waals surface area contributed by atoms with Crippen LogP contribution in [0.25, 0.3) is 0 Å². The van der Waals surface area contributed by atoms with Crippen LogP contribution in [0.1, 0.15) is 20.3 Å². The largest absolute Gasteiger partial charge is 0.372 e. The summed E-state index contributed by atoms with van der Waals surface area (Å²) in [5, 5.41) is 3.42. The van der Waals surface area contributed by atoms with E-state index in [1.807, 2.05) is 0 Å². The molecule has 2 heteroatoms. The van der Waals surface area contributed by atoms with Crippen molar-refractivity contribution in [1.29, 1.82) is 0 Å². The van der Waals surface area contributed by atoms with Gasteiger partial charge < -0.3 is 10.1 Å². The third-order valence-corrected chi connectivity index (χ3v) is 2.93. The van der Waals surface area contributed by atoms with Crippen LogP contribution in [0.5, 0.6) is 0 Å². The van der Waals surface area contributed by atoms with Gasteiger partial charge in [0.15, 0.2) is 0 Å². The third-order valence-electron chi connectivity index (χ3n) is 2.93. The highest BCUT2D eigenvalue weighted by Crippen LogP contribution is 2.23. The van der Waals surface area contributed by atoms with E-state index in [9.17, 15) is 0 Å². The molecule has 0 bridgehead atoms. The number of allylic oxidation sites excluding steroid dienone is 3. The Morgan fingerprint density at radius 3 is 3.00 bits per heavy atom. The van der Waals surface area contributed by atoms with Crippen LogP contribution in [0.2, 0.25) is 0 Å². The summed E-state index contributed by atoms with van der Waals surface area (Å²) in [5.41, 5.74) is 1.36. The molecule has 0 saturated carbocycles. The molecular weight excluding hydrogens is 174 g/mol. The number of morpholine rings is 1. The Bertz CT molecular complexity index is 257. The summed E-state index contributed by atoms with van der Waals surface area (Å²) >= 11 is 0. The zero-order valence-corrected chi connectivity index (χ0v) is 8.99. The second-order valence-corrected chi connectivity index (χ2v) is 4.36. The van der Waals surface area contributed by atoms with E-state index in [0.717, 1.165) is 19.5 Å². The highest BCUT2D eigenvalue weighted by Gasteiger charge is 2.25. The monoisotopic (exact) mass is 193 g/mol. The summed E-state index contributed by atoms with van der Waals surface area (Å²) in [7, 11) is 0. The minimum atomic E-state index is 0.355. The lowest BCUT2D eigenvalue weighted by atomic mass is 9.91. The lowest BCUT2D eigenvalue weighted by Gasteiger charge is -2.33. The van der Waals surface area contributed by atoms with Gasteiger partial charge >= 0.3 is 0 Å². The lowest BCUT2D eigenvalue weighted by molar-refractivity contribution is -0.0470. The maximum Gasteiger partial charge on any atom is 0.0769 e. The topological polar surface area (TPSA) is 21.3 Å². The van der Waals surface area contributed by atoms with Crippen molar-refractivity contribution in [2.75, 3.05) is 13.1 Å². The van der Waals surface area contributed by atoms with E-state index in [0.29, 0.717) is 18.1 Å². The molecular formula is C12H19NO. The van der Waals surface area contributed by atoms with Crippen LogP contribution in [-0.2, 0) is 4.74 Å². The molecule has 0 aromatic rings. The molecule has 1 heterocycles. The predicted octanol–water partition coefficient (Wildman–Crippen LogP) is 1.89. The average molecular weight is 193 g/mol. The van der Waals surface area contributed by atoms with Crippen molar-refractivity contribution >= 4 is 0 Å². The molecule has 2 aliphatic rings. The maximum absolute atomic E-state index is 5.93. The zero-order chi connectivity index (χ0) is 9.97. The van der Waals surface area contributed by atoms with E-state index < -0.39 is 0 Å². The smallest absolute Gasteiger partial charge is 0.0769 e. The van der Waals surface area contributed by atoms with Crippen molar-refractivity contribution in [3.05, 3.63) is 23.8 Å². The normalized spacial score (nSPS) is 38.1. The summed E-state index contributed by atoms with van der Waals surface area (Å²) in [6.07, 6.45) is 8.62. The van der Waals surface area contributed by atoms with Crippen molar-refractivity contribution < 1.29 is 4.74 Å². The average Bonchev–Trinajstić information content (AvgIpc) is 2.18. The molecule has 1 aliphatic heterocycles. The Morgan fingerprint density at radius 2 is 2.29 bits per heavy atom. The molecule has 1 saturated heterocycles. The highest BCUT2D eigenvalue weighted by molar-refractivity contribution is 5.22. The molecule has 0 spiro atoms. The molecule has 0 aromatic heterocycles. The van der Waals surface area contributed by atoms with Crippen molar-refractivity contribution in [2.24, 2.45) is 5.92 Å². The molecule has 0 amide bonds. The van der Waals surface area contributed by atoms with Gasteiger partial charge in [0, 0.05) is 19.0 Å². The van der Waals surface area contributed by atoms with Crippen LogP contribution < -0.4 is 5.32 Å². The lowest BCUT2D eigenvalue weighted by Crippen LogP contribution is -2.46. The van der Waals surface area contributed by atoms with E-state index >= 15 is 0 Å².